The number of nitrogens with one attached hydrogen (secondary N) is 3. The molecule has 8 nitrogen and oxygen atoms in total. The SMILES string of the molecule is CC.CC(C)(C)NSc1cccc(NC(=O)c2ccc(NC(C)(CO)CO)nc2N2CCC3(CC2)CC3)c1. The van der Waals surface area contributed by atoms with Gasteiger partial charge in [0, 0.05) is 29.2 Å². The monoisotopic (exact) mass is 543 g/mol. The smallest absolute Gasteiger partial charge is 0.259 e. The van der Waals surface area contributed by atoms with Crippen LogP contribution in [0.25, 0.3) is 0 Å². The van der Waals surface area contributed by atoms with E-state index in [9.17, 15) is 15.0 Å². The quantitative estimate of drug-likeness (QED) is 0.272. The molecule has 1 aliphatic carbocycles. The molecule has 5 N–H and O–H groups in total. The van der Waals surface area contributed by atoms with Crippen LogP contribution in [0.2, 0.25) is 0 Å². The molecule has 1 saturated carbocycles. The molecule has 210 valence electrons. The van der Waals surface area contributed by atoms with Gasteiger partial charge in [0.05, 0.1) is 24.3 Å². The minimum absolute atomic E-state index is 0.0319. The predicted molar refractivity (Wildman–Crippen MR) is 158 cm³/mol. The average molecular weight is 544 g/mol. The van der Waals surface area contributed by atoms with Crippen LogP contribution in [0.5, 0.6) is 0 Å². The van der Waals surface area contributed by atoms with Crippen molar-refractivity contribution in [2.24, 2.45) is 5.41 Å². The van der Waals surface area contributed by atoms with Crippen LogP contribution in [-0.2, 0) is 0 Å². The summed E-state index contributed by atoms with van der Waals surface area (Å²) < 4.78 is 3.39. The zero-order valence-corrected chi connectivity index (χ0v) is 24.5. The maximum atomic E-state index is 13.5. The lowest BCUT2D eigenvalue weighted by molar-refractivity contribution is 0.102. The number of benzene rings is 1. The first kappa shape index (κ1) is 30.2. The van der Waals surface area contributed by atoms with Gasteiger partial charge < -0.3 is 25.7 Å². The standard InChI is InChI=1S/C27H39N5O3S.C2H6/c1-25(2,3)31-36-20-7-5-6-19(16-20)28-24(35)21-8-9-22(30-26(4,17-33)18-34)29-23(21)32-14-12-27(10-11-27)13-15-32;1-2/h5-9,16,31,33-34H,10-15,17-18H2,1-4H3,(H,28,35)(H,29,30);1-2H3. The summed E-state index contributed by atoms with van der Waals surface area (Å²) in [5.41, 5.74) is 0.786. The van der Waals surface area contributed by atoms with Crippen molar-refractivity contribution in [1.29, 1.82) is 0 Å². The number of piperidine rings is 1. The lowest BCUT2D eigenvalue weighted by atomic mass is 9.93. The van der Waals surface area contributed by atoms with E-state index >= 15 is 0 Å². The lowest BCUT2D eigenvalue weighted by Crippen LogP contribution is -2.43. The highest BCUT2D eigenvalue weighted by Crippen LogP contribution is 2.54. The minimum Gasteiger partial charge on any atom is -0.394 e. The number of nitrogens with zero attached hydrogens (tertiary/aromatic N) is 2. The Morgan fingerprint density at radius 1 is 1.03 bits per heavy atom. The molecule has 0 atom stereocenters. The minimum atomic E-state index is -0.910. The van der Waals surface area contributed by atoms with Crippen molar-refractivity contribution in [1.82, 2.24) is 9.71 Å². The fourth-order valence-electron chi connectivity index (χ4n) is 4.29. The number of rotatable bonds is 9. The Morgan fingerprint density at radius 3 is 2.26 bits per heavy atom. The molecule has 4 rings (SSSR count). The first-order valence-corrected chi connectivity index (χ1v) is 14.5. The third-order valence-corrected chi connectivity index (χ3v) is 8.10. The number of hydrogen-bond donors (Lipinski definition) is 5. The van der Waals surface area contributed by atoms with Gasteiger partial charge in [-0.25, -0.2) is 4.98 Å². The number of amides is 1. The molecule has 0 radical (unpaired) electrons. The van der Waals surface area contributed by atoms with Gasteiger partial charge in [0.15, 0.2) is 0 Å². The number of aromatic nitrogens is 1. The van der Waals surface area contributed by atoms with E-state index in [1.807, 2.05) is 38.1 Å². The summed E-state index contributed by atoms with van der Waals surface area (Å²) in [6.07, 6.45) is 4.82. The summed E-state index contributed by atoms with van der Waals surface area (Å²) >= 11 is 1.54. The van der Waals surface area contributed by atoms with E-state index in [0.29, 0.717) is 22.6 Å². The van der Waals surface area contributed by atoms with Crippen molar-refractivity contribution in [2.45, 2.75) is 83.2 Å². The van der Waals surface area contributed by atoms with Crippen molar-refractivity contribution < 1.29 is 15.0 Å². The molecule has 1 saturated heterocycles. The molecule has 0 unspecified atom stereocenters. The molecular formula is C29H45N5O3S. The van der Waals surface area contributed by atoms with Crippen molar-refractivity contribution in [3.8, 4) is 0 Å². The molecule has 1 aromatic carbocycles. The van der Waals surface area contributed by atoms with Crippen molar-refractivity contribution in [3.63, 3.8) is 0 Å². The van der Waals surface area contributed by atoms with Crippen molar-refractivity contribution in [3.05, 3.63) is 42.0 Å². The molecule has 1 aliphatic heterocycles. The van der Waals surface area contributed by atoms with E-state index in [4.69, 9.17) is 4.98 Å². The second-order valence-corrected chi connectivity index (χ2v) is 12.4. The highest BCUT2D eigenvalue weighted by molar-refractivity contribution is 7.97. The van der Waals surface area contributed by atoms with Gasteiger partial charge in [0.1, 0.15) is 11.6 Å². The Morgan fingerprint density at radius 2 is 1.68 bits per heavy atom. The molecule has 9 heteroatoms. The molecule has 2 fully saturated rings. The molecule has 1 spiro atoms. The highest BCUT2D eigenvalue weighted by Gasteiger charge is 2.45. The predicted octanol–water partition coefficient (Wildman–Crippen LogP) is 5.29. The second-order valence-electron chi connectivity index (χ2n) is 11.5. The maximum absolute atomic E-state index is 13.5. The Bertz CT molecular complexity index is 1070. The number of anilines is 3. The van der Waals surface area contributed by atoms with Crippen LogP contribution in [0.4, 0.5) is 17.3 Å². The number of aliphatic hydroxyl groups excluding tert-OH is 2. The van der Waals surface area contributed by atoms with E-state index in [1.165, 1.54) is 24.8 Å². The first-order valence-electron chi connectivity index (χ1n) is 13.7. The van der Waals surface area contributed by atoms with Gasteiger partial charge in [-0.1, -0.05) is 19.9 Å². The van der Waals surface area contributed by atoms with Crippen LogP contribution in [0.1, 0.15) is 77.6 Å². The lowest BCUT2D eigenvalue weighted by Gasteiger charge is -2.34. The molecule has 1 aromatic heterocycles. The first-order chi connectivity index (χ1) is 18.0. The van der Waals surface area contributed by atoms with Crippen LogP contribution in [0.3, 0.4) is 0 Å². The Hall–Kier alpha value is -2.33. The van der Waals surface area contributed by atoms with E-state index in [2.05, 4.69) is 41.0 Å². The average Bonchev–Trinajstić information content (AvgIpc) is 3.67. The molecule has 1 amide bonds. The second kappa shape index (κ2) is 12.7. The molecular weight excluding hydrogens is 498 g/mol. The summed E-state index contributed by atoms with van der Waals surface area (Å²) in [7, 11) is 0. The van der Waals surface area contributed by atoms with Gasteiger partial charge in [0.2, 0.25) is 0 Å². The number of carbonyl (C=O) groups is 1. The zero-order chi connectivity index (χ0) is 28.0. The Labute approximate surface area is 232 Å². The fourth-order valence-corrected chi connectivity index (χ4v) is 5.05. The largest absolute Gasteiger partial charge is 0.394 e. The van der Waals surface area contributed by atoms with Gasteiger partial charge >= 0.3 is 0 Å². The van der Waals surface area contributed by atoms with Crippen molar-refractivity contribution >= 4 is 35.2 Å². The third kappa shape index (κ3) is 8.09. The van der Waals surface area contributed by atoms with Gasteiger partial charge in [-0.05, 0) is 101 Å². The highest BCUT2D eigenvalue weighted by atomic mass is 32.2. The molecule has 2 aromatic rings. The van der Waals surface area contributed by atoms with Crippen LogP contribution >= 0.6 is 11.9 Å². The van der Waals surface area contributed by atoms with Crippen molar-refractivity contribution in [2.75, 3.05) is 41.8 Å². The summed E-state index contributed by atoms with van der Waals surface area (Å²) in [4.78, 5) is 21.5. The topological polar surface area (TPSA) is 110 Å². The number of carbonyl (C=O) groups excluding carboxylic acids is 1. The van der Waals surface area contributed by atoms with Crippen LogP contribution in [0, 0.1) is 5.41 Å². The molecule has 0 bridgehead atoms. The van der Waals surface area contributed by atoms with E-state index in [0.717, 1.165) is 36.5 Å². The summed E-state index contributed by atoms with van der Waals surface area (Å²) in [5.74, 6) is 0.936. The maximum Gasteiger partial charge on any atom is 0.259 e. The normalized spacial score (nSPS) is 16.5. The third-order valence-electron chi connectivity index (χ3n) is 6.90. The van der Waals surface area contributed by atoms with Gasteiger partial charge in [-0.3, -0.25) is 9.52 Å². The zero-order valence-electron chi connectivity index (χ0n) is 23.7. The number of pyridine rings is 1. The fraction of sp³-hybridized carbons (Fsp3) is 0.586. The van der Waals surface area contributed by atoms with Gasteiger partial charge in [0.25, 0.3) is 5.91 Å². The summed E-state index contributed by atoms with van der Waals surface area (Å²) in [6, 6.07) is 11.3. The number of aliphatic hydroxyl groups is 2. The molecule has 38 heavy (non-hydrogen) atoms. The summed E-state index contributed by atoms with van der Waals surface area (Å²) in [5, 5.41) is 25.6. The van der Waals surface area contributed by atoms with Crippen LogP contribution in [0.15, 0.2) is 41.3 Å². The Kier molecular flexibility index (Phi) is 10.1. The molecule has 2 heterocycles. The summed E-state index contributed by atoms with van der Waals surface area (Å²) in [6.45, 7) is 13.3. The van der Waals surface area contributed by atoms with E-state index in [-0.39, 0.29) is 24.7 Å². The number of hydrogen-bond acceptors (Lipinski definition) is 8. The van der Waals surface area contributed by atoms with Crippen LogP contribution in [-0.4, -0.2) is 58.5 Å². The molecule has 2 aliphatic rings. The van der Waals surface area contributed by atoms with E-state index in [1.54, 1.807) is 19.1 Å². The van der Waals surface area contributed by atoms with Gasteiger partial charge in [-0.15, -0.1) is 0 Å². The van der Waals surface area contributed by atoms with Gasteiger partial charge in [-0.2, -0.15) is 0 Å². The van der Waals surface area contributed by atoms with Crippen LogP contribution < -0.4 is 20.3 Å². The Balaban J connectivity index is 0.00000195. The van der Waals surface area contributed by atoms with E-state index < -0.39 is 5.54 Å².